The molecule has 2 fully saturated rings. The first-order chi connectivity index (χ1) is 12.1. The Hall–Kier alpha value is -0.970. The van der Waals surface area contributed by atoms with Crippen molar-refractivity contribution < 1.29 is 9.53 Å². The highest BCUT2D eigenvalue weighted by Gasteiger charge is 2.35. The molecule has 1 saturated carbocycles. The van der Waals surface area contributed by atoms with Crippen molar-refractivity contribution in [3.05, 3.63) is 28.2 Å². The van der Waals surface area contributed by atoms with Gasteiger partial charge < -0.3 is 9.64 Å². The molecule has 1 aliphatic heterocycles. The van der Waals surface area contributed by atoms with Crippen LogP contribution in [0.5, 0.6) is 5.75 Å². The van der Waals surface area contributed by atoms with Gasteiger partial charge in [0.15, 0.2) is 6.61 Å². The third kappa shape index (κ3) is 4.60. The van der Waals surface area contributed by atoms with Gasteiger partial charge in [-0.15, -0.1) is 0 Å². The second-order valence-electron chi connectivity index (χ2n) is 7.03. The molecule has 3 rings (SSSR count). The van der Waals surface area contributed by atoms with Gasteiger partial charge in [-0.2, -0.15) is 0 Å². The van der Waals surface area contributed by atoms with Gasteiger partial charge in [-0.05, 0) is 57.0 Å². The zero-order valence-electron chi connectivity index (χ0n) is 14.7. The van der Waals surface area contributed by atoms with Crippen molar-refractivity contribution in [3.63, 3.8) is 0 Å². The minimum absolute atomic E-state index is 0.00106. The minimum Gasteiger partial charge on any atom is -0.482 e. The van der Waals surface area contributed by atoms with Gasteiger partial charge >= 0.3 is 0 Å². The Labute approximate surface area is 160 Å². The predicted octanol–water partition coefficient (Wildman–Crippen LogP) is 4.24. The number of likely N-dealkylation sites (N-methyl/N-ethyl adjacent to an activating group) is 1. The Balaban J connectivity index is 1.60. The minimum atomic E-state index is 0.00106. The highest BCUT2D eigenvalue weighted by Crippen LogP contribution is 2.30. The van der Waals surface area contributed by atoms with E-state index >= 15 is 0 Å². The van der Waals surface area contributed by atoms with Crippen LogP contribution < -0.4 is 4.74 Å². The molecule has 25 heavy (non-hydrogen) atoms. The molecule has 0 radical (unpaired) electrons. The molecule has 0 N–H and O–H groups in total. The lowest BCUT2D eigenvalue weighted by atomic mass is 9.88. The van der Waals surface area contributed by atoms with E-state index in [9.17, 15) is 4.79 Å². The SMILES string of the molecule is CN(C(=O)COc1ccc(Cl)cc1Cl)[C@@H]1CCCC[C@@H]1N1CCCC1. The molecule has 2 aliphatic rings. The normalized spacial score (nSPS) is 24.3. The van der Waals surface area contributed by atoms with Crippen molar-refractivity contribution in [2.45, 2.75) is 50.6 Å². The first-order valence-electron chi connectivity index (χ1n) is 9.14. The van der Waals surface area contributed by atoms with Crippen LogP contribution in [-0.4, -0.2) is 54.5 Å². The van der Waals surface area contributed by atoms with Crippen molar-refractivity contribution >= 4 is 29.1 Å². The maximum Gasteiger partial charge on any atom is 0.260 e. The summed E-state index contributed by atoms with van der Waals surface area (Å²) in [7, 11) is 1.91. The van der Waals surface area contributed by atoms with Gasteiger partial charge in [0, 0.05) is 24.2 Å². The fourth-order valence-corrected chi connectivity index (χ4v) is 4.52. The van der Waals surface area contributed by atoms with Gasteiger partial charge in [-0.25, -0.2) is 0 Å². The van der Waals surface area contributed by atoms with Crippen LogP contribution in [0.15, 0.2) is 18.2 Å². The molecule has 138 valence electrons. The molecule has 0 spiro atoms. The molecule has 1 saturated heterocycles. The zero-order valence-corrected chi connectivity index (χ0v) is 16.2. The standard InChI is InChI=1S/C19H26Cl2N2O2/c1-22(16-6-2-3-7-17(16)23-10-4-5-11-23)19(24)13-25-18-9-8-14(20)12-15(18)21/h8-9,12,16-17H,2-7,10-11,13H2,1H3/t16-,17+/m1/s1. The first-order valence-corrected chi connectivity index (χ1v) is 9.89. The Bertz CT molecular complexity index is 605. The summed E-state index contributed by atoms with van der Waals surface area (Å²) in [5, 5.41) is 0.979. The van der Waals surface area contributed by atoms with Crippen LogP contribution in [0.2, 0.25) is 10.0 Å². The van der Waals surface area contributed by atoms with Gasteiger partial charge in [-0.1, -0.05) is 36.0 Å². The number of halogens is 2. The molecule has 0 bridgehead atoms. The lowest BCUT2D eigenvalue weighted by molar-refractivity contribution is -0.136. The molecule has 4 nitrogen and oxygen atoms in total. The lowest BCUT2D eigenvalue weighted by Gasteiger charge is -2.42. The molecule has 0 unspecified atom stereocenters. The van der Waals surface area contributed by atoms with Crippen LogP contribution in [0, 0.1) is 0 Å². The molecule has 2 atom stereocenters. The molecular formula is C19H26Cl2N2O2. The number of likely N-dealkylation sites (tertiary alicyclic amines) is 1. The van der Waals surface area contributed by atoms with Gasteiger partial charge in [0.2, 0.25) is 0 Å². The topological polar surface area (TPSA) is 32.8 Å². The lowest BCUT2D eigenvalue weighted by Crippen LogP contribution is -2.53. The molecule has 6 heteroatoms. The van der Waals surface area contributed by atoms with E-state index in [4.69, 9.17) is 27.9 Å². The highest BCUT2D eigenvalue weighted by atomic mass is 35.5. The van der Waals surface area contributed by atoms with Crippen LogP contribution in [0.3, 0.4) is 0 Å². The van der Waals surface area contributed by atoms with E-state index in [1.165, 1.54) is 45.2 Å². The van der Waals surface area contributed by atoms with Crippen molar-refractivity contribution in [2.24, 2.45) is 0 Å². The van der Waals surface area contributed by atoms with Crippen LogP contribution in [-0.2, 0) is 4.79 Å². The second-order valence-corrected chi connectivity index (χ2v) is 7.87. The van der Waals surface area contributed by atoms with Crippen LogP contribution in [0.25, 0.3) is 0 Å². The summed E-state index contributed by atoms with van der Waals surface area (Å²) in [6.07, 6.45) is 7.27. The van der Waals surface area contributed by atoms with Crippen molar-refractivity contribution in [1.82, 2.24) is 9.80 Å². The molecule has 1 amide bonds. The Kier molecular flexibility index (Phi) is 6.48. The molecule has 1 heterocycles. The number of amides is 1. The summed E-state index contributed by atoms with van der Waals surface area (Å²) in [6, 6.07) is 5.80. The summed E-state index contributed by atoms with van der Waals surface area (Å²) in [5.41, 5.74) is 0. The zero-order chi connectivity index (χ0) is 17.8. The number of carbonyl (C=O) groups is 1. The van der Waals surface area contributed by atoms with Crippen LogP contribution >= 0.6 is 23.2 Å². The molecule has 0 aromatic heterocycles. The summed E-state index contributed by atoms with van der Waals surface area (Å²) in [4.78, 5) is 17.1. The highest BCUT2D eigenvalue weighted by molar-refractivity contribution is 6.35. The monoisotopic (exact) mass is 384 g/mol. The second kappa shape index (κ2) is 8.61. The fourth-order valence-electron chi connectivity index (χ4n) is 4.06. The maximum atomic E-state index is 12.7. The predicted molar refractivity (Wildman–Crippen MR) is 102 cm³/mol. The molecule has 1 aliphatic carbocycles. The Morgan fingerprint density at radius 1 is 1.20 bits per heavy atom. The van der Waals surface area contributed by atoms with E-state index in [2.05, 4.69) is 4.90 Å². The molecule has 1 aromatic carbocycles. The van der Waals surface area contributed by atoms with Gasteiger partial charge in [0.05, 0.1) is 5.02 Å². The van der Waals surface area contributed by atoms with Crippen molar-refractivity contribution in [2.75, 3.05) is 26.7 Å². The third-order valence-corrected chi connectivity index (χ3v) is 5.97. The Morgan fingerprint density at radius 3 is 2.64 bits per heavy atom. The van der Waals surface area contributed by atoms with Crippen molar-refractivity contribution in [1.29, 1.82) is 0 Å². The summed E-state index contributed by atoms with van der Waals surface area (Å²) >= 11 is 12.0. The van der Waals surface area contributed by atoms with Crippen LogP contribution in [0.1, 0.15) is 38.5 Å². The van der Waals surface area contributed by atoms with Gasteiger partial charge in [-0.3, -0.25) is 9.69 Å². The van der Waals surface area contributed by atoms with E-state index in [0.29, 0.717) is 21.8 Å². The molecular weight excluding hydrogens is 359 g/mol. The smallest absolute Gasteiger partial charge is 0.260 e. The van der Waals surface area contributed by atoms with E-state index < -0.39 is 0 Å². The third-order valence-electron chi connectivity index (χ3n) is 5.44. The first kappa shape index (κ1) is 18.8. The summed E-state index contributed by atoms with van der Waals surface area (Å²) in [6.45, 7) is 2.33. The van der Waals surface area contributed by atoms with Crippen LogP contribution in [0.4, 0.5) is 0 Å². The number of carbonyl (C=O) groups excluding carboxylic acids is 1. The van der Waals surface area contributed by atoms with E-state index in [1.807, 2.05) is 11.9 Å². The Morgan fingerprint density at radius 2 is 1.92 bits per heavy atom. The average molecular weight is 385 g/mol. The number of hydrogen-bond donors (Lipinski definition) is 0. The summed E-state index contributed by atoms with van der Waals surface area (Å²) < 4.78 is 5.63. The average Bonchev–Trinajstić information content (AvgIpc) is 3.14. The quantitative estimate of drug-likeness (QED) is 0.760. The number of benzene rings is 1. The van der Waals surface area contributed by atoms with Gasteiger partial charge in [0.1, 0.15) is 5.75 Å². The van der Waals surface area contributed by atoms with E-state index in [-0.39, 0.29) is 18.6 Å². The summed E-state index contributed by atoms with van der Waals surface area (Å²) in [5.74, 6) is 0.495. The van der Waals surface area contributed by atoms with Gasteiger partial charge in [0.25, 0.3) is 5.91 Å². The largest absolute Gasteiger partial charge is 0.482 e. The number of ether oxygens (including phenoxy) is 1. The maximum absolute atomic E-state index is 12.7. The van der Waals surface area contributed by atoms with E-state index in [1.54, 1.807) is 18.2 Å². The number of nitrogens with zero attached hydrogens (tertiary/aromatic N) is 2. The fraction of sp³-hybridized carbons (Fsp3) is 0.632. The van der Waals surface area contributed by atoms with Crippen molar-refractivity contribution in [3.8, 4) is 5.75 Å². The number of rotatable bonds is 5. The molecule has 1 aromatic rings. The van der Waals surface area contributed by atoms with E-state index in [0.717, 1.165) is 6.42 Å². The number of hydrogen-bond acceptors (Lipinski definition) is 3.